The molecule has 1 aliphatic rings. The van der Waals surface area contributed by atoms with Crippen molar-refractivity contribution in [2.24, 2.45) is 5.10 Å². The van der Waals surface area contributed by atoms with Crippen LogP contribution in [0, 0.1) is 0 Å². The largest absolute Gasteiger partial charge is 0.361 e. The Morgan fingerprint density at radius 1 is 0.886 bits per heavy atom. The molecule has 0 atom stereocenters. The number of aromatic nitrogens is 1. The highest BCUT2D eigenvalue weighted by Gasteiger charge is 2.26. The molecule has 1 fully saturated rings. The molecule has 1 amide bonds. The van der Waals surface area contributed by atoms with Gasteiger partial charge >= 0.3 is 0 Å². The lowest BCUT2D eigenvalue weighted by Crippen LogP contribution is -2.48. The van der Waals surface area contributed by atoms with Gasteiger partial charge in [-0.1, -0.05) is 78.9 Å². The summed E-state index contributed by atoms with van der Waals surface area (Å²) in [5.41, 5.74) is 7.33. The first-order valence-corrected chi connectivity index (χ1v) is 12.2. The molecule has 5 rings (SSSR count). The molecule has 3 aromatic carbocycles. The third-order valence-electron chi connectivity index (χ3n) is 6.67. The topological polar surface area (TPSA) is 63.7 Å². The smallest absolute Gasteiger partial charge is 0.241 e. The summed E-state index contributed by atoms with van der Waals surface area (Å²) in [7, 11) is 0. The van der Waals surface area contributed by atoms with Crippen LogP contribution in [0.2, 0.25) is 0 Å². The Hall–Kier alpha value is -3.74. The molecule has 6 nitrogen and oxygen atoms in total. The highest BCUT2D eigenvalue weighted by molar-refractivity contribution is 5.99. The maximum Gasteiger partial charge on any atom is 0.241 e. The summed E-state index contributed by atoms with van der Waals surface area (Å²) in [6, 6.07) is 29.7. The molecule has 0 aliphatic carbocycles. The standard InChI is InChI=1S/C29H31N5O/c35-28(32-31-22-25-21-30-27-14-8-7-13-26(25)27)15-16-33-17-19-34(20-18-33)29(23-9-3-1-4-10-23)24-11-5-2-6-12-24/h1-14,21-22,29-30H,15-20H2,(H,32,35)/b31-22+. The first kappa shape index (κ1) is 23.0. The number of H-pyrrole nitrogens is 1. The Bertz CT molecular complexity index is 1220. The first-order valence-electron chi connectivity index (χ1n) is 12.2. The summed E-state index contributed by atoms with van der Waals surface area (Å²) >= 11 is 0. The summed E-state index contributed by atoms with van der Waals surface area (Å²) in [6.07, 6.45) is 4.03. The number of nitrogens with zero attached hydrogens (tertiary/aromatic N) is 3. The van der Waals surface area contributed by atoms with Crippen LogP contribution < -0.4 is 5.43 Å². The number of hydrazone groups is 1. The van der Waals surface area contributed by atoms with Crippen molar-refractivity contribution in [1.82, 2.24) is 20.2 Å². The lowest BCUT2D eigenvalue weighted by molar-refractivity contribution is -0.121. The maximum absolute atomic E-state index is 12.4. The van der Waals surface area contributed by atoms with Crippen LogP contribution in [-0.4, -0.2) is 59.6 Å². The molecule has 0 spiro atoms. The lowest BCUT2D eigenvalue weighted by atomic mass is 9.96. The molecule has 1 aliphatic heterocycles. The number of hydrogen-bond donors (Lipinski definition) is 2. The first-order chi connectivity index (χ1) is 17.3. The molecule has 0 bridgehead atoms. The molecule has 4 aromatic rings. The average Bonchev–Trinajstić information content (AvgIpc) is 3.33. The van der Waals surface area contributed by atoms with E-state index in [4.69, 9.17) is 0 Å². The second-order valence-corrected chi connectivity index (χ2v) is 8.93. The predicted molar refractivity (Wildman–Crippen MR) is 141 cm³/mol. The minimum absolute atomic E-state index is 0.0602. The van der Waals surface area contributed by atoms with Crippen molar-refractivity contribution < 1.29 is 4.79 Å². The lowest BCUT2D eigenvalue weighted by Gasteiger charge is -2.39. The fourth-order valence-electron chi connectivity index (χ4n) is 4.82. The SMILES string of the molecule is O=C(CCN1CCN(C(c2ccccc2)c2ccccc2)CC1)N/N=C/c1c[nH]c2ccccc12. The highest BCUT2D eigenvalue weighted by atomic mass is 16.2. The molecular weight excluding hydrogens is 434 g/mol. The summed E-state index contributed by atoms with van der Waals surface area (Å²) < 4.78 is 0. The molecule has 2 heterocycles. The molecule has 178 valence electrons. The molecule has 0 radical (unpaired) electrons. The zero-order valence-corrected chi connectivity index (χ0v) is 19.8. The Morgan fingerprint density at radius 2 is 1.51 bits per heavy atom. The Kier molecular flexibility index (Phi) is 7.32. The highest BCUT2D eigenvalue weighted by Crippen LogP contribution is 2.29. The summed E-state index contributed by atoms with van der Waals surface area (Å²) in [4.78, 5) is 20.5. The second-order valence-electron chi connectivity index (χ2n) is 8.93. The average molecular weight is 466 g/mol. The van der Waals surface area contributed by atoms with Gasteiger partial charge in [0.15, 0.2) is 0 Å². The minimum atomic E-state index is -0.0602. The van der Waals surface area contributed by atoms with E-state index in [0.717, 1.165) is 49.2 Å². The van der Waals surface area contributed by atoms with E-state index in [2.05, 4.69) is 86.0 Å². The minimum Gasteiger partial charge on any atom is -0.361 e. The summed E-state index contributed by atoms with van der Waals surface area (Å²) in [5.74, 6) is -0.0602. The number of para-hydroxylation sites is 1. The van der Waals surface area contributed by atoms with Crippen molar-refractivity contribution >= 4 is 23.0 Å². The van der Waals surface area contributed by atoms with Crippen LogP contribution in [-0.2, 0) is 4.79 Å². The van der Waals surface area contributed by atoms with Crippen LogP contribution in [0.25, 0.3) is 10.9 Å². The number of piperazine rings is 1. The van der Waals surface area contributed by atoms with E-state index in [-0.39, 0.29) is 11.9 Å². The Labute approximate surface area is 206 Å². The second kappa shape index (κ2) is 11.1. The number of rotatable bonds is 8. The number of nitrogens with one attached hydrogen (secondary N) is 2. The van der Waals surface area contributed by atoms with Crippen LogP contribution in [0.1, 0.15) is 29.2 Å². The molecule has 2 N–H and O–H groups in total. The molecule has 0 unspecified atom stereocenters. The number of hydrogen-bond acceptors (Lipinski definition) is 4. The van der Waals surface area contributed by atoms with E-state index in [1.54, 1.807) is 6.21 Å². The molecule has 6 heteroatoms. The van der Waals surface area contributed by atoms with Gasteiger partial charge in [-0.15, -0.1) is 0 Å². The van der Waals surface area contributed by atoms with Crippen molar-refractivity contribution in [3.8, 4) is 0 Å². The number of carbonyl (C=O) groups is 1. The Morgan fingerprint density at radius 3 is 2.20 bits per heavy atom. The quantitative estimate of drug-likeness (QED) is 0.299. The van der Waals surface area contributed by atoms with Gasteiger partial charge in [-0.3, -0.25) is 9.69 Å². The molecule has 0 saturated carbocycles. The van der Waals surface area contributed by atoms with Crippen molar-refractivity contribution in [3.63, 3.8) is 0 Å². The van der Waals surface area contributed by atoms with Gasteiger partial charge < -0.3 is 9.88 Å². The number of carbonyl (C=O) groups excluding carboxylic acids is 1. The number of aromatic amines is 1. The van der Waals surface area contributed by atoms with Gasteiger partial charge in [-0.25, -0.2) is 5.43 Å². The van der Waals surface area contributed by atoms with E-state index >= 15 is 0 Å². The molecule has 1 saturated heterocycles. The van der Waals surface area contributed by atoms with E-state index in [1.165, 1.54) is 11.1 Å². The Balaban J connectivity index is 1.12. The van der Waals surface area contributed by atoms with Gasteiger partial charge in [0, 0.05) is 61.8 Å². The van der Waals surface area contributed by atoms with E-state index in [9.17, 15) is 4.79 Å². The third-order valence-corrected chi connectivity index (χ3v) is 6.67. The van der Waals surface area contributed by atoms with E-state index in [1.807, 2.05) is 30.5 Å². The number of benzene rings is 3. The molecule has 1 aromatic heterocycles. The fraction of sp³-hybridized carbons (Fsp3) is 0.241. The maximum atomic E-state index is 12.4. The van der Waals surface area contributed by atoms with Crippen molar-refractivity contribution in [2.45, 2.75) is 12.5 Å². The molecule has 35 heavy (non-hydrogen) atoms. The zero-order chi connectivity index (χ0) is 23.9. The summed E-state index contributed by atoms with van der Waals surface area (Å²) in [6.45, 7) is 4.57. The van der Waals surface area contributed by atoms with E-state index in [0.29, 0.717) is 6.42 Å². The van der Waals surface area contributed by atoms with Gasteiger partial charge in [0.05, 0.1) is 12.3 Å². The number of fused-ring (bicyclic) bond motifs is 1. The predicted octanol–water partition coefficient (Wildman–Crippen LogP) is 4.42. The van der Waals surface area contributed by atoms with E-state index < -0.39 is 0 Å². The van der Waals surface area contributed by atoms with Crippen LogP contribution >= 0.6 is 0 Å². The van der Waals surface area contributed by atoms with Crippen molar-refractivity contribution in [1.29, 1.82) is 0 Å². The van der Waals surface area contributed by atoms with Crippen LogP contribution in [0.3, 0.4) is 0 Å². The van der Waals surface area contributed by atoms with Crippen molar-refractivity contribution in [2.75, 3.05) is 32.7 Å². The van der Waals surface area contributed by atoms with Crippen LogP contribution in [0.4, 0.5) is 0 Å². The van der Waals surface area contributed by atoms with Gasteiger partial charge in [-0.05, 0) is 17.2 Å². The monoisotopic (exact) mass is 465 g/mol. The zero-order valence-electron chi connectivity index (χ0n) is 19.8. The van der Waals surface area contributed by atoms with Gasteiger partial charge in [0.25, 0.3) is 0 Å². The summed E-state index contributed by atoms with van der Waals surface area (Å²) in [5, 5.41) is 5.25. The van der Waals surface area contributed by atoms with Crippen LogP contribution in [0.15, 0.2) is 96.2 Å². The van der Waals surface area contributed by atoms with Gasteiger partial charge in [-0.2, -0.15) is 5.10 Å². The van der Waals surface area contributed by atoms with Crippen LogP contribution in [0.5, 0.6) is 0 Å². The van der Waals surface area contributed by atoms with Crippen molar-refractivity contribution in [3.05, 3.63) is 108 Å². The number of amides is 1. The third kappa shape index (κ3) is 5.67. The van der Waals surface area contributed by atoms with Gasteiger partial charge in [0.2, 0.25) is 5.91 Å². The fourth-order valence-corrected chi connectivity index (χ4v) is 4.82. The normalized spacial score (nSPS) is 15.2. The molecular formula is C29H31N5O. The van der Waals surface area contributed by atoms with Gasteiger partial charge in [0.1, 0.15) is 0 Å².